The molecular formula is C23H28N2O3. The van der Waals surface area contributed by atoms with E-state index in [-0.39, 0.29) is 5.91 Å². The van der Waals surface area contributed by atoms with Gasteiger partial charge in [-0.1, -0.05) is 35.9 Å². The molecule has 0 bridgehead atoms. The Bertz CT molecular complexity index is 826. The number of nitrogens with zero attached hydrogens (tertiary/aromatic N) is 1. The molecule has 1 fully saturated rings. The van der Waals surface area contributed by atoms with Gasteiger partial charge in [0.2, 0.25) is 5.91 Å². The Kier molecular flexibility index (Phi) is 7.23. The molecule has 28 heavy (non-hydrogen) atoms. The molecule has 3 rings (SSSR count). The van der Waals surface area contributed by atoms with Crippen molar-refractivity contribution in [1.29, 1.82) is 0 Å². The fourth-order valence-corrected chi connectivity index (χ4v) is 3.25. The number of amides is 1. The summed E-state index contributed by atoms with van der Waals surface area (Å²) in [7, 11) is 1.63. The van der Waals surface area contributed by atoms with Crippen molar-refractivity contribution >= 4 is 12.0 Å². The number of morpholine rings is 1. The van der Waals surface area contributed by atoms with E-state index in [1.165, 1.54) is 5.56 Å². The van der Waals surface area contributed by atoms with Crippen LogP contribution in [-0.4, -0.2) is 44.2 Å². The molecular weight excluding hydrogens is 352 g/mol. The molecule has 2 aromatic rings. The molecule has 148 valence electrons. The normalized spacial score (nSPS) is 14.9. The van der Waals surface area contributed by atoms with Gasteiger partial charge in [-0.25, -0.2) is 0 Å². The van der Waals surface area contributed by atoms with Gasteiger partial charge in [-0.2, -0.15) is 0 Å². The number of rotatable bonds is 7. The number of hydrogen-bond donors (Lipinski definition) is 1. The maximum absolute atomic E-state index is 12.2. The number of carbonyl (C=O) groups excluding carboxylic acids is 1. The second-order valence-corrected chi connectivity index (χ2v) is 7.01. The van der Waals surface area contributed by atoms with Crippen LogP contribution in [0.3, 0.4) is 0 Å². The molecule has 1 aliphatic rings. The quantitative estimate of drug-likeness (QED) is 0.750. The predicted octanol–water partition coefficient (Wildman–Crippen LogP) is 3.17. The number of benzene rings is 2. The lowest BCUT2D eigenvalue weighted by Gasteiger charge is -2.26. The minimum Gasteiger partial charge on any atom is -0.496 e. The second-order valence-electron chi connectivity index (χ2n) is 7.01. The van der Waals surface area contributed by atoms with E-state index in [9.17, 15) is 4.79 Å². The number of carbonyl (C=O) groups is 1. The molecule has 1 N–H and O–H groups in total. The molecule has 0 aliphatic carbocycles. The van der Waals surface area contributed by atoms with E-state index < -0.39 is 0 Å². The molecule has 0 unspecified atom stereocenters. The summed E-state index contributed by atoms with van der Waals surface area (Å²) in [6, 6.07) is 14.3. The number of methoxy groups -OCH3 is 1. The highest BCUT2D eigenvalue weighted by Crippen LogP contribution is 2.20. The molecule has 0 radical (unpaired) electrons. The Labute approximate surface area is 167 Å². The van der Waals surface area contributed by atoms with Crippen LogP contribution in [0.4, 0.5) is 0 Å². The number of aryl methyl sites for hydroxylation is 1. The zero-order valence-electron chi connectivity index (χ0n) is 16.6. The molecule has 0 saturated carbocycles. The zero-order chi connectivity index (χ0) is 19.8. The van der Waals surface area contributed by atoms with E-state index in [1.54, 1.807) is 19.3 Å². The van der Waals surface area contributed by atoms with E-state index >= 15 is 0 Å². The van der Waals surface area contributed by atoms with Crippen molar-refractivity contribution in [3.63, 3.8) is 0 Å². The monoisotopic (exact) mass is 380 g/mol. The van der Waals surface area contributed by atoms with Gasteiger partial charge in [0.1, 0.15) is 5.75 Å². The van der Waals surface area contributed by atoms with Crippen LogP contribution in [0.1, 0.15) is 22.3 Å². The lowest BCUT2D eigenvalue weighted by Crippen LogP contribution is -2.35. The van der Waals surface area contributed by atoms with E-state index in [0.717, 1.165) is 55.3 Å². The first-order valence-electron chi connectivity index (χ1n) is 9.62. The highest BCUT2D eigenvalue weighted by atomic mass is 16.5. The first kappa shape index (κ1) is 20.1. The minimum absolute atomic E-state index is 0.123. The Morgan fingerprint density at radius 2 is 1.96 bits per heavy atom. The molecule has 1 heterocycles. The maximum atomic E-state index is 12.2. The van der Waals surface area contributed by atoms with E-state index in [4.69, 9.17) is 9.47 Å². The van der Waals surface area contributed by atoms with Crippen LogP contribution in [0.15, 0.2) is 48.5 Å². The largest absolute Gasteiger partial charge is 0.496 e. The maximum Gasteiger partial charge on any atom is 0.244 e. The van der Waals surface area contributed by atoms with Gasteiger partial charge in [0.05, 0.1) is 20.3 Å². The third-order valence-corrected chi connectivity index (χ3v) is 4.77. The third-order valence-electron chi connectivity index (χ3n) is 4.77. The summed E-state index contributed by atoms with van der Waals surface area (Å²) in [4.78, 5) is 14.6. The number of hydrogen-bond acceptors (Lipinski definition) is 4. The van der Waals surface area contributed by atoms with Crippen molar-refractivity contribution < 1.29 is 14.3 Å². The number of nitrogens with one attached hydrogen (secondary N) is 1. The van der Waals surface area contributed by atoms with Crippen molar-refractivity contribution in [1.82, 2.24) is 10.2 Å². The Balaban J connectivity index is 1.54. The molecule has 1 aliphatic heterocycles. The average molecular weight is 380 g/mol. The van der Waals surface area contributed by atoms with E-state index in [0.29, 0.717) is 6.54 Å². The van der Waals surface area contributed by atoms with Crippen LogP contribution >= 0.6 is 0 Å². The lowest BCUT2D eigenvalue weighted by molar-refractivity contribution is -0.116. The smallest absolute Gasteiger partial charge is 0.244 e. The summed E-state index contributed by atoms with van der Waals surface area (Å²) < 4.78 is 10.7. The Hall–Kier alpha value is -2.63. The summed E-state index contributed by atoms with van der Waals surface area (Å²) in [6.45, 7) is 6.97. The lowest BCUT2D eigenvalue weighted by atomic mass is 10.1. The van der Waals surface area contributed by atoms with Gasteiger partial charge < -0.3 is 14.8 Å². The van der Waals surface area contributed by atoms with Crippen LogP contribution in [-0.2, 0) is 22.6 Å². The summed E-state index contributed by atoms with van der Waals surface area (Å²) in [5.41, 5.74) is 4.37. The Morgan fingerprint density at radius 1 is 1.18 bits per heavy atom. The van der Waals surface area contributed by atoms with Gasteiger partial charge in [0.15, 0.2) is 0 Å². The van der Waals surface area contributed by atoms with Gasteiger partial charge in [0, 0.05) is 37.8 Å². The van der Waals surface area contributed by atoms with Crippen LogP contribution in [0, 0.1) is 6.92 Å². The summed E-state index contributed by atoms with van der Waals surface area (Å²) >= 11 is 0. The van der Waals surface area contributed by atoms with Crippen LogP contribution in [0.2, 0.25) is 0 Å². The highest BCUT2D eigenvalue weighted by molar-refractivity contribution is 5.92. The molecule has 5 nitrogen and oxygen atoms in total. The van der Waals surface area contributed by atoms with Crippen molar-refractivity contribution in [2.24, 2.45) is 0 Å². The predicted molar refractivity (Wildman–Crippen MR) is 111 cm³/mol. The van der Waals surface area contributed by atoms with E-state index in [2.05, 4.69) is 22.3 Å². The van der Waals surface area contributed by atoms with Gasteiger partial charge in [-0.05, 0) is 36.3 Å². The van der Waals surface area contributed by atoms with Crippen molar-refractivity contribution in [3.8, 4) is 5.75 Å². The SMILES string of the molecule is COc1ccc(C)cc1/C=C/C(=O)NCc1cccc(CN2CCOCC2)c1. The first-order chi connectivity index (χ1) is 13.6. The first-order valence-corrected chi connectivity index (χ1v) is 9.62. The summed E-state index contributed by atoms with van der Waals surface area (Å²) in [6.07, 6.45) is 3.34. The summed E-state index contributed by atoms with van der Waals surface area (Å²) in [5, 5.41) is 2.95. The Morgan fingerprint density at radius 3 is 2.75 bits per heavy atom. The fraction of sp³-hybridized carbons (Fsp3) is 0.348. The standard InChI is InChI=1S/C23H28N2O3/c1-18-6-8-22(27-2)21(14-18)7-9-23(26)24-16-19-4-3-5-20(15-19)17-25-10-12-28-13-11-25/h3-9,14-15H,10-13,16-17H2,1-2H3,(H,24,26)/b9-7+. The minimum atomic E-state index is -0.123. The van der Waals surface area contributed by atoms with Crippen molar-refractivity contribution in [2.45, 2.75) is 20.0 Å². The molecule has 0 spiro atoms. The van der Waals surface area contributed by atoms with Crippen molar-refractivity contribution in [2.75, 3.05) is 33.4 Å². The van der Waals surface area contributed by atoms with Crippen molar-refractivity contribution in [3.05, 3.63) is 70.8 Å². The molecule has 2 aromatic carbocycles. The van der Waals surface area contributed by atoms with Crippen LogP contribution < -0.4 is 10.1 Å². The topological polar surface area (TPSA) is 50.8 Å². The van der Waals surface area contributed by atoms with Crippen LogP contribution in [0.5, 0.6) is 5.75 Å². The molecule has 1 saturated heterocycles. The van der Waals surface area contributed by atoms with Gasteiger partial charge >= 0.3 is 0 Å². The van der Waals surface area contributed by atoms with Crippen LogP contribution in [0.25, 0.3) is 6.08 Å². The second kappa shape index (κ2) is 10.1. The van der Waals surface area contributed by atoms with Gasteiger partial charge in [0.25, 0.3) is 0 Å². The van der Waals surface area contributed by atoms with E-state index in [1.807, 2.05) is 37.3 Å². The summed E-state index contributed by atoms with van der Waals surface area (Å²) in [5.74, 6) is 0.632. The third kappa shape index (κ3) is 5.94. The molecule has 1 amide bonds. The average Bonchev–Trinajstić information content (AvgIpc) is 2.72. The fourth-order valence-electron chi connectivity index (χ4n) is 3.25. The zero-order valence-corrected chi connectivity index (χ0v) is 16.6. The number of ether oxygens (including phenoxy) is 2. The molecule has 0 aromatic heterocycles. The van der Waals surface area contributed by atoms with Gasteiger partial charge in [-0.3, -0.25) is 9.69 Å². The highest BCUT2D eigenvalue weighted by Gasteiger charge is 2.10. The molecule has 5 heteroatoms. The van der Waals surface area contributed by atoms with Gasteiger partial charge in [-0.15, -0.1) is 0 Å². The molecule has 0 atom stereocenters.